The van der Waals surface area contributed by atoms with Crippen LogP contribution in [0.5, 0.6) is 0 Å². The van der Waals surface area contributed by atoms with Crippen molar-refractivity contribution in [3.05, 3.63) is 59.7 Å². The molecule has 2 aromatic rings. The van der Waals surface area contributed by atoms with E-state index >= 15 is 0 Å². The van der Waals surface area contributed by atoms with Crippen molar-refractivity contribution < 1.29 is 9.59 Å². The predicted molar refractivity (Wildman–Crippen MR) is 98.9 cm³/mol. The highest BCUT2D eigenvalue weighted by Crippen LogP contribution is 2.21. The molecule has 4 amide bonds. The second kappa shape index (κ2) is 7.70. The van der Waals surface area contributed by atoms with Crippen molar-refractivity contribution in [1.82, 2.24) is 10.6 Å². The Morgan fingerprint density at radius 1 is 0.880 bits per heavy atom. The number of hydrogen-bond acceptors (Lipinski definition) is 2. The summed E-state index contributed by atoms with van der Waals surface area (Å²) >= 11 is 0. The molecular formula is C19H22N4O2. The normalized spacial score (nSPS) is 15.6. The number of benzene rings is 2. The van der Waals surface area contributed by atoms with Crippen LogP contribution in [0.15, 0.2) is 48.5 Å². The predicted octanol–water partition coefficient (Wildman–Crippen LogP) is 3.12. The monoisotopic (exact) mass is 338 g/mol. The zero-order valence-electron chi connectivity index (χ0n) is 14.1. The molecule has 0 saturated heterocycles. The highest BCUT2D eigenvalue weighted by molar-refractivity contribution is 5.91. The third kappa shape index (κ3) is 4.50. The van der Waals surface area contributed by atoms with Crippen molar-refractivity contribution in [3.63, 3.8) is 0 Å². The van der Waals surface area contributed by atoms with E-state index in [1.807, 2.05) is 6.07 Å². The molecule has 130 valence electrons. The van der Waals surface area contributed by atoms with E-state index in [1.54, 1.807) is 31.3 Å². The smallest absolute Gasteiger partial charge is 0.319 e. The van der Waals surface area contributed by atoms with Crippen LogP contribution < -0.4 is 21.3 Å². The number of nitrogens with one attached hydrogen (secondary N) is 4. The summed E-state index contributed by atoms with van der Waals surface area (Å²) in [7, 11) is 1.55. The molecule has 0 unspecified atom stereocenters. The van der Waals surface area contributed by atoms with Crippen LogP contribution in [0, 0.1) is 0 Å². The highest BCUT2D eigenvalue weighted by Gasteiger charge is 2.19. The molecule has 1 atom stereocenters. The fraction of sp³-hybridized carbons (Fsp3) is 0.263. The Morgan fingerprint density at radius 3 is 2.12 bits per heavy atom. The van der Waals surface area contributed by atoms with Crippen LogP contribution >= 0.6 is 0 Å². The Balaban J connectivity index is 1.52. The largest absolute Gasteiger partial charge is 0.341 e. The topological polar surface area (TPSA) is 82.3 Å². The molecule has 1 aliphatic rings. The van der Waals surface area contributed by atoms with Gasteiger partial charge >= 0.3 is 12.1 Å². The average Bonchev–Trinajstić information content (AvgIpc) is 2.63. The van der Waals surface area contributed by atoms with Gasteiger partial charge in [0.05, 0.1) is 0 Å². The van der Waals surface area contributed by atoms with Gasteiger partial charge in [-0.15, -0.1) is 0 Å². The molecule has 1 aliphatic carbocycles. The maximum atomic E-state index is 12.2. The summed E-state index contributed by atoms with van der Waals surface area (Å²) in [5.41, 5.74) is 4.02. The Hall–Kier alpha value is -3.02. The first-order valence-corrected chi connectivity index (χ1v) is 8.37. The van der Waals surface area contributed by atoms with Crippen molar-refractivity contribution in [1.29, 1.82) is 0 Å². The third-order valence-electron chi connectivity index (χ3n) is 4.31. The summed E-state index contributed by atoms with van der Waals surface area (Å²) in [5.74, 6) is 0. The van der Waals surface area contributed by atoms with Gasteiger partial charge in [-0.1, -0.05) is 24.3 Å². The van der Waals surface area contributed by atoms with Crippen molar-refractivity contribution in [2.24, 2.45) is 0 Å². The van der Waals surface area contributed by atoms with Crippen molar-refractivity contribution in [2.75, 3.05) is 17.7 Å². The number of carbonyl (C=O) groups is 2. The number of aryl methyl sites for hydroxylation is 1. The van der Waals surface area contributed by atoms with Crippen molar-refractivity contribution in [2.45, 2.75) is 25.3 Å². The summed E-state index contributed by atoms with van der Waals surface area (Å²) in [6, 6.07) is 15.0. The summed E-state index contributed by atoms with van der Waals surface area (Å²) in [4.78, 5) is 23.5. The van der Waals surface area contributed by atoms with Crippen LogP contribution in [0.2, 0.25) is 0 Å². The first kappa shape index (κ1) is 16.8. The summed E-state index contributed by atoms with van der Waals surface area (Å²) in [6.45, 7) is 0. The van der Waals surface area contributed by atoms with Crippen molar-refractivity contribution in [3.8, 4) is 0 Å². The van der Waals surface area contributed by atoms with E-state index in [9.17, 15) is 9.59 Å². The molecular weight excluding hydrogens is 316 g/mol. The number of rotatable bonds is 3. The van der Waals surface area contributed by atoms with Gasteiger partial charge in [-0.05, 0) is 54.7 Å². The van der Waals surface area contributed by atoms with Crippen LogP contribution in [0.3, 0.4) is 0 Å². The maximum Gasteiger partial charge on any atom is 0.319 e. The van der Waals surface area contributed by atoms with Gasteiger partial charge in [-0.3, -0.25) is 0 Å². The average molecular weight is 338 g/mol. The highest BCUT2D eigenvalue weighted by atomic mass is 16.2. The summed E-state index contributed by atoms with van der Waals surface area (Å²) in [5, 5.41) is 11.0. The maximum absolute atomic E-state index is 12.2. The summed E-state index contributed by atoms with van der Waals surface area (Å²) in [6.07, 6.45) is 2.79. The van der Waals surface area contributed by atoms with E-state index in [1.165, 1.54) is 11.1 Å². The standard InChI is InChI=1S/C19H22N4O2/c1-20-18(24)21-15-8-10-16(11-9-15)22-19(25)23-17-7-6-13-4-2-3-5-14(13)12-17/h2-5,8-11,17H,6-7,12H2,1H3,(H2,20,21,24)(H2,22,23,25)/t17-/m0/s1. The molecule has 0 bridgehead atoms. The molecule has 3 rings (SSSR count). The van der Waals surface area contributed by atoms with E-state index in [2.05, 4.69) is 39.5 Å². The molecule has 0 spiro atoms. The lowest BCUT2D eigenvalue weighted by Gasteiger charge is -2.25. The minimum Gasteiger partial charge on any atom is -0.341 e. The van der Waals surface area contributed by atoms with E-state index in [0.717, 1.165) is 19.3 Å². The molecule has 0 radical (unpaired) electrons. The lowest BCUT2D eigenvalue weighted by molar-refractivity contribution is 0.247. The van der Waals surface area contributed by atoms with Crippen LogP contribution in [-0.2, 0) is 12.8 Å². The zero-order valence-corrected chi connectivity index (χ0v) is 14.1. The molecule has 6 nitrogen and oxygen atoms in total. The molecule has 2 aromatic carbocycles. The van der Waals surface area contributed by atoms with Gasteiger partial charge in [0.2, 0.25) is 0 Å². The number of anilines is 2. The molecule has 25 heavy (non-hydrogen) atoms. The Labute approximate surface area is 147 Å². The Morgan fingerprint density at radius 2 is 1.48 bits per heavy atom. The minimum absolute atomic E-state index is 0.143. The molecule has 6 heteroatoms. The SMILES string of the molecule is CNC(=O)Nc1ccc(NC(=O)N[C@H]2CCc3ccccc3C2)cc1. The minimum atomic E-state index is -0.281. The molecule has 0 aliphatic heterocycles. The van der Waals surface area contributed by atoms with Gasteiger partial charge in [0.25, 0.3) is 0 Å². The first-order valence-electron chi connectivity index (χ1n) is 8.37. The van der Waals surface area contributed by atoms with Crippen molar-refractivity contribution >= 4 is 23.4 Å². The Kier molecular flexibility index (Phi) is 5.18. The second-order valence-electron chi connectivity index (χ2n) is 6.09. The number of hydrogen-bond donors (Lipinski definition) is 4. The molecule has 0 aromatic heterocycles. The van der Waals surface area contributed by atoms with E-state index in [-0.39, 0.29) is 18.1 Å². The molecule has 0 fully saturated rings. The molecule has 0 heterocycles. The number of fused-ring (bicyclic) bond motifs is 1. The molecule has 0 saturated carbocycles. The van der Waals surface area contributed by atoms with Gasteiger partial charge in [-0.25, -0.2) is 9.59 Å². The lowest BCUT2D eigenvalue weighted by Crippen LogP contribution is -2.41. The van der Waals surface area contributed by atoms with Gasteiger partial charge in [-0.2, -0.15) is 0 Å². The van der Waals surface area contributed by atoms with Gasteiger partial charge in [0.1, 0.15) is 0 Å². The van der Waals surface area contributed by atoms with Crippen LogP contribution in [-0.4, -0.2) is 25.2 Å². The van der Waals surface area contributed by atoms with E-state index in [0.29, 0.717) is 11.4 Å². The van der Waals surface area contributed by atoms with Gasteiger partial charge in [0.15, 0.2) is 0 Å². The fourth-order valence-corrected chi connectivity index (χ4v) is 3.00. The third-order valence-corrected chi connectivity index (χ3v) is 4.31. The lowest BCUT2D eigenvalue weighted by atomic mass is 9.88. The molecule has 4 N–H and O–H groups in total. The van der Waals surface area contributed by atoms with Crippen LogP contribution in [0.1, 0.15) is 17.5 Å². The Bertz CT molecular complexity index is 758. The van der Waals surface area contributed by atoms with Gasteiger partial charge in [0, 0.05) is 24.5 Å². The quantitative estimate of drug-likeness (QED) is 0.693. The van der Waals surface area contributed by atoms with Crippen LogP contribution in [0.4, 0.5) is 21.0 Å². The summed E-state index contributed by atoms with van der Waals surface area (Å²) < 4.78 is 0. The fourth-order valence-electron chi connectivity index (χ4n) is 3.00. The second-order valence-corrected chi connectivity index (χ2v) is 6.09. The number of urea groups is 2. The van der Waals surface area contributed by atoms with E-state index < -0.39 is 0 Å². The first-order chi connectivity index (χ1) is 12.1. The van der Waals surface area contributed by atoms with Crippen LogP contribution in [0.25, 0.3) is 0 Å². The zero-order chi connectivity index (χ0) is 17.6. The van der Waals surface area contributed by atoms with Gasteiger partial charge < -0.3 is 21.3 Å². The van der Waals surface area contributed by atoms with E-state index in [4.69, 9.17) is 0 Å². The number of carbonyl (C=O) groups excluding carboxylic acids is 2. The number of amides is 4.